The van der Waals surface area contributed by atoms with E-state index in [9.17, 15) is 0 Å². The maximum absolute atomic E-state index is 5.72. The summed E-state index contributed by atoms with van der Waals surface area (Å²) in [6.45, 7) is 1.81. The molecule has 0 spiro atoms. The van der Waals surface area contributed by atoms with Crippen molar-refractivity contribution in [3.8, 4) is 0 Å². The van der Waals surface area contributed by atoms with Crippen LogP contribution in [0.3, 0.4) is 0 Å². The highest BCUT2D eigenvalue weighted by Crippen LogP contribution is 2.19. The molecule has 0 N–H and O–H groups in total. The fourth-order valence-corrected chi connectivity index (χ4v) is 4.00. The van der Waals surface area contributed by atoms with E-state index in [1.54, 1.807) is 0 Å². The van der Waals surface area contributed by atoms with E-state index >= 15 is 0 Å². The van der Waals surface area contributed by atoms with E-state index in [1.165, 1.54) is 47.0 Å². The maximum atomic E-state index is 5.72. The molecule has 0 aromatic heterocycles. The average Bonchev–Trinajstić information content (AvgIpc) is 2.61. The Bertz CT molecular complexity index is 454. The molecule has 1 nitrogen and oxygen atoms in total. The predicted molar refractivity (Wildman–Crippen MR) is 104 cm³/mol. The minimum Gasteiger partial charge on any atom is -0.381 e. The third-order valence-electron chi connectivity index (χ3n) is 3.39. The zero-order valence-corrected chi connectivity index (χ0v) is 15.3. The normalized spacial score (nSPS) is 10.8. The van der Waals surface area contributed by atoms with E-state index in [0.29, 0.717) is 0 Å². The van der Waals surface area contributed by atoms with Gasteiger partial charge in [-0.15, -0.1) is 23.5 Å². The third kappa shape index (κ3) is 9.09. The highest BCUT2D eigenvalue weighted by Gasteiger charge is 1.95. The largest absolute Gasteiger partial charge is 0.381 e. The lowest BCUT2D eigenvalue weighted by Crippen LogP contribution is -1.98. The first-order chi connectivity index (χ1) is 11.4. The summed E-state index contributed by atoms with van der Waals surface area (Å²) in [5, 5.41) is 0. The van der Waals surface area contributed by atoms with Crippen LogP contribution < -0.4 is 0 Å². The molecule has 0 bridgehead atoms. The molecule has 0 heterocycles. The van der Waals surface area contributed by atoms with Crippen molar-refractivity contribution in [2.45, 2.75) is 35.5 Å². The first-order valence-corrected chi connectivity index (χ1v) is 10.4. The van der Waals surface area contributed by atoms with Gasteiger partial charge in [0.15, 0.2) is 0 Å². The number of rotatable bonds is 12. The van der Waals surface area contributed by atoms with Gasteiger partial charge in [0.1, 0.15) is 0 Å². The second kappa shape index (κ2) is 12.5. The van der Waals surface area contributed by atoms with Gasteiger partial charge in [-0.2, -0.15) is 0 Å². The number of thioether (sulfide) groups is 2. The van der Waals surface area contributed by atoms with Gasteiger partial charge in [0.2, 0.25) is 0 Å². The molecule has 0 unspecified atom stereocenters. The van der Waals surface area contributed by atoms with Crippen LogP contribution in [-0.2, 0) is 4.74 Å². The summed E-state index contributed by atoms with van der Waals surface area (Å²) in [6, 6.07) is 21.2. The van der Waals surface area contributed by atoms with Crippen molar-refractivity contribution in [2.75, 3.05) is 24.7 Å². The molecular formula is C20H26OS2. The maximum Gasteiger partial charge on any atom is 0.0466 e. The minimum atomic E-state index is 0.904. The lowest BCUT2D eigenvalue weighted by Gasteiger charge is -2.05. The Morgan fingerprint density at radius 1 is 0.565 bits per heavy atom. The van der Waals surface area contributed by atoms with Crippen LogP contribution >= 0.6 is 23.5 Å². The zero-order chi connectivity index (χ0) is 16.0. The fraction of sp³-hybridized carbons (Fsp3) is 0.400. The number of benzene rings is 2. The number of hydrogen-bond acceptors (Lipinski definition) is 3. The van der Waals surface area contributed by atoms with E-state index < -0.39 is 0 Å². The lowest BCUT2D eigenvalue weighted by molar-refractivity contribution is 0.129. The first-order valence-electron chi connectivity index (χ1n) is 8.38. The van der Waals surface area contributed by atoms with Crippen molar-refractivity contribution in [1.29, 1.82) is 0 Å². The van der Waals surface area contributed by atoms with Crippen LogP contribution in [-0.4, -0.2) is 24.7 Å². The summed E-state index contributed by atoms with van der Waals surface area (Å²) >= 11 is 3.87. The topological polar surface area (TPSA) is 9.23 Å². The average molecular weight is 347 g/mol. The number of ether oxygens (including phenoxy) is 1. The molecule has 0 saturated carbocycles. The van der Waals surface area contributed by atoms with Gasteiger partial charge in [-0.3, -0.25) is 0 Å². The van der Waals surface area contributed by atoms with Crippen LogP contribution in [0.5, 0.6) is 0 Å². The quantitative estimate of drug-likeness (QED) is 0.337. The zero-order valence-electron chi connectivity index (χ0n) is 13.7. The van der Waals surface area contributed by atoms with Gasteiger partial charge in [0.25, 0.3) is 0 Å². The van der Waals surface area contributed by atoms with Crippen LogP contribution in [0.2, 0.25) is 0 Å². The van der Waals surface area contributed by atoms with Gasteiger partial charge in [-0.25, -0.2) is 0 Å². The van der Waals surface area contributed by atoms with Gasteiger partial charge in [-0.05, 0) is 61.5 Å². The molecule has 2 rings (SSSR count). The van der Waals surface area contributed by atoms with Crippen molar-refractivity contribution < 1.29 is 4.74 Å². The lowest BCUT2D eigenvalue weighted by atomic mass is 10.3. The molecule has 0 aliphatic carbocycles. The Labute approximate surface area is 149 Å². The third-order valence-corrected chi connectivity index (χ3v) is 5.59. The Morgan fingerprint density at radius 3 is 1.43 bits per heavy atom. The Hall–Kier alpha value is -0.900. The van der Waals surface area contributed by atoms with E-state index in [-0.39, 0.29) is 0 Å². The summed E-state index contributed by atoms with van der Waals surface area (Å²) in [6.07, 6.45) is 4.78. The molecule has 23 heavy (non-hydrogen) atoms. The Kier molecular flexibility index (Phi) is 10.0. The van der Waals surface area contributed by atoms with Crippen LogP contribution in [0.4, 0.5) is 0 Å². The van der Waals surface area contributed by atoms with Gasteiger partial charge >= 0.3 is 0 Å². The molecule has 0 amide bonds. The molecular weight excluding hydrogens is 320 g/mol. The molecule has 0 aliphatic heterocycles. The van der Waals surface area contributed by atoms with E-state index in [0.717, 1.165) is 13.2 Å². The van der Waals surface area contributed by atoms with E-state index in [1.807, 2.05) is 23.5 Å². The first kappa shape index (κ1) is 18.4. The van der Waals surface area contributed by atoms with Crippen molar-refractivity contribution in [2.24, 2.45) is 0 Å². The summed E-state index contributed by atoms with van der Waals surface area (Å²) < 4.78 is 5.72. The highest BCUT2D eigenvalue weighted by atomic mass is 32.2. The Morgan fingerprint density at radius 2 is 1.00 bits per heavy atom. The molecule has 2 aromatic rings. The van der Waals surface area contributed by atoms with Crippen LogP contribution in [0.25, 0.3) is 0 Å². The molecule has 2 aromatic carbocycles. The molecule has 0 saturated heterocycles. The van der Waals surface area contributed by atoms with Crippen LogP contribution in [0.15, 0.2) is 70.5 Å². The highest BCUT2D eigenvalue weighted by molar-refractivity contribution is 7.99. The summed E-state index contributed by atoms with van der Waals surface area (Å²) in [5.41, 5.74) is 0. The second-order valence-electron chi connectivity index (χ2n) is 5.35. The van der Waals surface area contributed by atoms with Gasteiger partial charge in [0.05, 0.1) is 0 Å². The van der Waals surface area contributed by atoms with Crippen molar-refractivity contribution in [3.63, 3.8) is 0 Å². The second-order valence-corrected chi connectivity index (χ2v) is 7.69. The van der Waals surface area contributed by atoms with Crippen LogP contribution in [0, 0.1) is 0 Å². The summed E-state index contributed by atoms with van der Waals surface area (Å²) in [5.74, 6) is 2.36. The monoisotopic (exact) mass is 346 g/mol. The Balaban J connectivity index is 1.34. The fourth-order valence-electron chi connectivity index (χ4n) is 2.13. The standard InChI is InChI=1S/C20H26OS2/c1-3-11-19(12-4-1)22-17-9-7-15-21-16-8-10-18-23-20-13-5-2-6-14-20/h1-6,11-14H,7-10,15-18H2. The smallest absolute Gasteiger partial charge is 0.0466 e. The molecule has 0 fully saturated rings. The number of hydrogen-bond donors (Lipinski definition) is 0. The van der Waals surface area contributed by atoms with Crippen molar-refractivity contribution >= 4 is 23.5 Å². The molecule has 0 aliphatic rings. The summed E-state index contributed by atoms with van der Waals surface area (Å²) in [4.78, 5) is 2.73. The van der Waals surface area contributed by atoms with Gasteiger partial charge < -0.3 is 4.74 Å². The van der Waals surface area contributed by atoms with Crippen LogP contribution in [0.1, 0.15) is 25.7 Å². The molecule has 124 valence electrons. The molecule has 3 heteroatoms. The van der Waals surface area contributed by atoms with E-state index in [2.05, 4.69) is 60.7 Å². The predicted octanol–water partition coefficient (Wildman–Crippen LogP) is 6.15. The van der Waals surface area contributed by atoms with Crippen molar-refractivity contribution in [1.82, 2.24) is 0 Å². The van der Waals surface area contributed by atoms with E-state index in [4.69, 9.17) is 4.74 Å². The summed E-state index contributed by atoms with van der Waals surface area (Å²) in [7, 11) is 0. The number of unbranched alkanes of at least 4 members (excludes halogenated alkanes) is 2. The minimum absolute atomic E-state index is 0.904. The molecule has 0 atom stereocenters. The van der Waals surface area contributed by atoms with Gasteiger partial charge in [-0.1, -0.05) is 36.4 Å². The molecule has 0 radical (unpaired) electrons. The SMILES string of the molecule is c1ccc(SCCCCOCCCCSc2ccccc2)cc1. The van der Waals surface area contributed by atoms with Gasteiger partial charge in [0, 0.05) is 23.0 Å². The van der Waals surface area contributed by atoms with Crippen molar-refractivity contribution in [3.05, 3.63) is 60.7 Å².